The van der Waals surface area contributed by atoms with Crippen molar-refractivity contribution in [3.63, 3.8) is 0 Å². The first-order valence-corrected chi connectivity index (χ1v) is 5.28. The molecule has 0 aromatic heterocycles. The van der Waals surface area contributed by atoms with Gasteiger partial charge in [-0.1, -0.05) is 19.9 Å². The van der Waals surface area contributed by atoms with Crippen molar-refractivity contribution in [2.75, 3.05) is 0 Å². The van der Waals surface area contributed by atoms with Crippen LogP contribution in [-0.4, -0.2) is 11.6 Å². The van der Waals surface area contributed by atoms with E-state index in [4.69, 9.17) is 0 Å². The molecule has 0 amide bonds. The van der Waals surface area contributed by atoms with Gasteiger partial charge in [0.2, 0.25) is 0 Å². The largest absolute Gasteiger partial charge is 0.295 e. The molecule has 15 heavy (non-hydrogen) atoms. The van der Waals surface area contributed by atoms with Crippen LogP contribution in [0.25, 0.3) is 0 Å². The van der Waals surface area contributed by atoms with Gasteiger partial charge in [-0.15, -0.1) is 0 Å². The van der Waals surface area contributed by atoms with E-state index in [2.05, 4.69) is 13.8 Å². The third-order valence-electron chi connectivity index (χ3n) is 3.01. The van der Waals surface area contributed by atoms with E-state index in [1.165, 1.54) is 6.92 Å². The summed E-state index contributed by atoms with van der Waals surface area (Å²) >= 11 is 0. The lowest BCUT2D eigenvalue weighted by Crippen LogP contribution is -2.24. The van der Waals surface area contributed by atoms with E-state index in [1.807, 2.05) is 6.92 Å². The summed E-state index contributed by atoms with van der Waals surface area (Å²) in [7, 11) is 0. The van der Waals surface area contributed by atoms with Crippen LogP contribution in [0.4, 0.5) is 0 Å². The van der Waals surface area contributed by atoms with Gasteiger partial charge in [0.05, 0.1) is 0 Å². The number of ketones is 2. The van der Waals surface area contributed by atoms with Gasteiger partial charge in [0.1, 0.15) is 0 Å². The molecular weight excluding hydrogens is 188 g/mol. The van der Waals surface area contributed by atoms with E-state index in [-0.39, 0.29) is 17.0 Å². The first kappa shape index (κ1) is 11.9. The second kappa shape index (κ2) is 4.13. The van der Waals surface area contributed by atoms with Gasteiger partial charge >= 0.3 is 0 Å². The first-order chi connectivity index (χ1) is 6.84. The maximum atomic E-state index is 11.6. The van der Waals surface area contributed by atoms with Gasteiger partial charge in [-0.3, -0.25) is 9.59 Å². The van der Waals surface area contributed by atoms with Gasteiger partial charge in [0.25, 0.3) is 0 Å². The molecular formula is C13H18O2. The molecule has 0 spiro atoms. The number of carbonyl (C=O) groups is 2. The van der Waals surface area contributed by atoms with Gasteiger partial charge < -0.3 is 0 Å². The maximum absolute atomic E-state index is 11.6. The molecule has 82 valence electrons. The third-order valence-corrected chi connectivity index (χ3v) is 3.01. The smallest absolute Gasteiger partial charge is 0.158 e. The second-order valence-electron chi connectivity index (χ2n) is 4.79. The van der Waals surface area contributed by atoms with E-state index >= 15 is 0 Å². The predicted octanol–water partition coefficient (Wildman–Crippen LogP) is 2.84. The van der Waals surface area contributed by atoms with Crippen LogP contribution in [0.15, 0.2) is 23.3 Å². The predicted molar refractivity (Wildman–Crippen MR) is 60.5 cm³/mol. The van der Waals surface area contributed by atoms with E-state index < -0.39 is 0 Å². The van der Waals surface area contributed by atoms with Crippen molar-refractivity contribution in [3.8, 4) is 0 Å². The monoisotopic (exact) mass is 206 g/mol. The Labute approximate surface area is 91.1 Å². The maximum Gasteiger partial charge on any atom is 0.158 e. The molecule has 0 fully saturated rings. The molecule has 1 aliphatic carbocycles. The lowest BCUT2D eigenvalue weighted by molar-refractivity contribution is -0.116. The van der Waals surface area contributed by atoms with Gasteiger partial charge in [-0.05, 0) is 42.9 Å². The van der Waals surface area contributed by atoms with Crippen LogP contribution in [0.1, 0.15) is 40.5 Å². The lowest BCUT2D eigenvalue weighted by Gasteiger charge is -2.31. The summed E-state index contributed by atoms with van der Waals surface area (Å²) < 4.78 is 0. The fourth-order valence-corrected chi connectivity index (χ4v) is 1.96. The molecule has 0 N–H and O–H groups in total. The zero-order chi connectivity index (χ0) is 11.6. The Kier molecular flexibility index (Phi) is 3.28. The van der Waals surface area contributed by atoms with Gasteiger partial charge in [0, 0.05) is 6.42 Å². The number of hydrogen-bond donors (Lipinski definition) is 0. The van der Waals surface area contributed by atoms with Crippen LogP contribution in [0.5, 0.6) is 0 Å². The number of allylic oxidation sites excluding steroid dienone is 4. The minimum Gasteiger partial charge on any atom is -0.295 e. The molecule has 0 saturated heterocycles. The minimum absolute atomic E-state index is 0.00391. The molecule has 0 aromatic rings. The van der Waals surface area contributed by atoms with Crippen LogP contribution in [0, 0.1) is 5.41 Å². The van der Waals surface area contributed by atoms with Crippen molar-refractivity contribution < 1.29 is 9.59 Å². The molecule has 0 aromatic carbocycles. The van der Waals surface area contributed by atoms with Crippen LogP contribution < -0.4 is 0 Å². The average Bonchev–Trinajstić information content (AvgIpc) is 2.11. The summed E-state index contributed by atoms with van der Waals surface area (Å²) in [6, 6.07) is 0. The summed E-state index contributed by atoms with van der Waals surface area (Å²) in [6.45, 7) is 7.60. The van der Waals surface area contributed by atoms with Crippen LogP contribution in [-0.2, 0) is 9.59 Å². The van der Waals surface area contributed by atoms with Crippen molar-refractivity contribution in [1.82, 2.24) is 0 Å². The highest BCUT2D eigenvalue weighted by Gasteiger charge is 2.30. The van der Waals surface area contributed by atoms with E-state index in [0.717, 1.165) is 17.6 Å². The number of Topliss-reactive ketones (excluding diaryl/α,β-unsaturated/α-hetero) is 1. The Morgan fingerprint density at radius 2 is 2.00 bits per heavy atom. The molecule has 1 rings (SSSR count). The van der Waals surface area contributed by atoms with Crippen molar-refractivity contribution >= 4 is 11.6 Å². The van der Waals surface area contributed by atoms with Crippen LogP contribution in [0.2, 0.25) is 0 Å². The quantitative estimate of drug-likeness (QED) is 0.651. The third kappa shape index (κ3) is 2.65. The van der Waals surface area contributed by atoms with Gasteiger partial charge in [-0.25, -0.2) is 0 Å². The fourth-order valence-electron chi connectivity index (χ4n) is 1.96. The second-order valence-corrected chi connectivity index (χ2v) is 4.79. The normalized spacial score (nSPS) is 21.2. The lowest BCUT2D eigenvalue weighted by atomic mass is 9.72. The highest BCUT2D eigenvalue weighted by atomic mass is 16.1. The fraction of sp³-hybridized carbons (Fsp3) is 0.538. The van der Waals surface area contributed by atoms with E-state index in [0.29, 0.717) is 6.42 Å². The Morgan fingerprint density at radius 3 is 2.53 bits per heavy atom. The molecule has 0 aliphatic heterocycles. The van der Waals surface area contributed by atoms with Crippen molar-refractivity contribution in [2.45, 2.75) is 40.5 Å². The Balaban J connectivity index is 3.12. The zero-order valence-electron chi connectivity index (χ0n) is 9.89. The molecule has 0 saturated carbocycles. The summed E-state index contributed by atoms with van der Waals surface area (Å²) in [5.74, 6) is 0.224. The average molecular weight is 206 g/mol. The highest BCUT2D eigenvalue weighted by molar-refractivity contribution is 5.97. The molecule has 0 atom stereocenters. The van der Waals surface area contributed by atoms with Crippen LogP contribution in [0.3, 0.4) is 0 Å². The SMILES string of the molecule is CC(=O)C=CC1=C(C)C(=O)CCC1(C)C. The Hall–Kier alpha value is -1.18. The zero-order valence-corrected chi connectivity index (χ0v) is 9.89. The topological polar surface area (TPSA) is 34.1 Å². The molecule has 0 heterocycles. The van der Waals surface area contributed by atoms with Gasteiger partial charge in [0.15, 0.2) is 11.6 Å². The van der Waals surface area contributed by atoms with E-state index in [1.54, 1.807) is 12.2 Å². The van der Waals surface area contributed by atoms with Crippen LogP contribution >= 0.6 is 0 Å². The Morgan fingerprint density at radius 1 is 1.40 bits per heavy atom. The number of rotatable bonds is 2. The minimum atomic E-state index is 0.00391. The number of hydrogen-bond acceptors (Lipinski definition) is 2. The number of carbonyl (C=O) groups excluding carboxylic acids is 2. The molecule has 0 unspecified atom stereocenters. The molecule has 0 bridgehead atoms. The molecule has 2 heteroatoms. The molecule has 1 aliphatic rings. The standard InChI is InChI=1S/C13H18O2/c1-9(14)5-6-11-10(2)12(15)7-8-13(11,3)4/h5-6H,7-8H2,1-4H3. The summed E-state index contributed by atoms with van der Waals surface area (Å²) in [4.78, 5) is 22.5. The molecule has 2 nitrogen and oxygen atoms in total. The summed E-state index contributed by atoms with van der Waals surface area (Å²) in [5.41, 5.74) is 1.82. The van der Waals surface area contributed by atoms with E-state index in [9.17, 15) is 9.59 Å². The Bertz CT molecular complexity index is 357. The van der Waals surface area contributed by atoms with Gasteiger partial charge in [-0.2, -0.15) is 0 Å². The molecule has 0 radical (unpaired) electrons. The summed E-state index contributed by atoms with van der Waals surface area (Å²) in [5, 5.41) is 0. The van der Waals surface area contributed by atoms with Crippen molar-refractivity contribution in [3.05, 3.63) is 23.3 Å². The highest BCUT2D eigenvalue weighted by Crippen LogP contribution is 2.39. The van der Waals surface area contributed by atoms with Crippen molar-refractivity contribution in [1.29, 1.82) is 0 Å². The first-order valence-electron chi connectivity index (χ1n) is 5.28. The van der Waals surface area contributed by atoms with Crippen molar-refractivity contribution in [2.24, 2.45) is 5.41 Å². The summed E-state index contributed by atoms with van der Waals surface area (Å²) in [6.07, 6.45) is 4.82.